The van der Waals surface area contributed by atoms with Gasteiger partial charge in [-0.25, -0.2) is 0 Å². The first-order valence-corrected chi connectivity index (χ1v) is 9.69. The van der Waals surface area contributed by atoms with Crippen LogP contribution in [-0.2, 0) is 0 Å². The quantitative estimate of drug-likeness (QED) is 0.431. The highest BCUT2D eigenvalue weighted by Crippen LogP contribution is 2.43. The van der Waals surface area contributed by atoms with Crippen LogP contribution in [0.5, 0.6) is 0 Å². The lowest BCUT2D eigenvalue weighted by atomic mass is 10.1. The Labute approximate surface area is 162 Å². The van der Waals surface area contributed by atoms with Crippen LogP contribution >= 0.6 is 0 Å². The lowest BCUT2D eigenvalue weighted by molar-refractivity contribution is 0.148. The summed E-state index contributed by atoms with van der Waals surface area (Å²) in [6.45, 7) is 0. The van der Waals surface area contributed by atoms with Gasteiger partial charge in [0.25, 0.3) is 5.56 Å². The second kappa shape index (κ2) is 4.26. The zero-order valence-corrected chi connectivity index (χ0v) is 15.1. The Morgan fingerprint density at radius 3 is 2.21 bits per heavy atom. The highest BCUT2D eigenvalue weighted by Gasteiger charge is 2.31. The van der Waals surface area contributed by atoms with E-state index >= 15 is 0 Å². The third-order valence-corrected chi connectivity index (χ3v) is 6.66. The van der Waals surface area contributed by atoms with Crippen LogP contribution in [0.3, 0.4) is 0 Å². The minimum Gasteiger partial charge on any atom is -0.368 e. The smallest absolute Gasteiger partial charge is 0.266 e. The molecule has 0 spiro atoms. The van der Waals surface area contributed by atoms with E-state index in [9.17, 15) is 9.90 Å². The number of fused-ring (bicyclic) bond motifs is 6. The fraction of sp³-hybridized carbons (Fsp3) is 0.0417. The van der Waals surface area contributed by atoms with Crippen LogP contribution in [0.4, 0.5) is 0 Å². The highest BCUT2D eigenvalue weighted by molar-refractivity contribution is 6.19. The molecule has 1 aliphatic rings. The number of hydrogen-bond acceptors (Lipinski definition) is 2. The molecule has 0 amide bonds. The van der Waals surface area contributed by atoms with Crippen molar-refractivity contribution in [3.63, 3.8) is 0 Å². The van der Waals surface area contributed by atoms with Crippen molar-refractivity contribution in [2.24, 2.45) is 0 Å². The van der Waals surface area contributed by atoms with Crippen molar-refractivity contribution >= 4 is 54.6 Å². The summed E-state index contributed by atoms with van der Waals surface area (Å²) in [4.78, 5) is 13.6. The Bertz CT molecular complexity index is 1900. The zero-order valence-electron chi connectivity index (χ0n) is 15.1. The number of hydrogen-bond donors (Lipinski definition) is 1. The number of benzene rings is 3. The van der Waals surface area contributed by atoms with E-state index in [0.29, 0.717) is 5.39 Å². The van der Waals surface area contributed by atoms with E-state index in [-0.39, 0.29) is 5.56 Å². The Kier molecular flexibility index (Phi) is 2.09. The van der Waals surface area contributed by atoms with Crippen molar-refractivity contribution in [3.8, 4) is 0 Å². The molecule has 1 aliphatic heterocycles. The summed E-state index contributed by atoms with van der Waals surface area (Å²) in [6.07, 6.45) is -0.812. The lowest BCUT2D eigenvalue weighted by Gasteiger charge is -2.23. The SMILES string of the molecule is O=c1c2ccc3c4ccccc4n4c3c2n2c(cc3c5ccccc5n1c32)C4O. The number of para-hydroxylation sites is 2. The third-order valence-electron chi connectivity index (χ3n) is 6.66. The van der Waals surface area contributed by atoms with E-state index < -0.39 is 6.23 Å². The van der Waals surface area contributed by atoms with E-state index in [4.69, 9.17) is 0 Å². The molecular formula is C24H13N3O2. The van der Waals surface area contributed by atoms with E-state index in [1.54, 1.807) is 4.40 Å². The Morgan fingerprint density at radius 2 is 1.38 bits per heavy atom. The summed E-state index contributed by atoms with van der Waals surface area (Å²) in [6, 6.07) is 22.1. The van der Waals surface area contributed by atoms with Crippen molar-refractivity contribution in [1.82, 2.24) is 13.4 Å². The Hall–Kier alpha value is -3.83. The molecule has 0 saturated carbocycles. The van der Waals surface area contributed by atoms with Crippen molar-refractivity contribution < 1.29 is 5.11 Å². The molecule has 1 N–H and O–H groups in total. The molecule has 7 aromatic rings. The summed E-state index contributed by atoms with van der Waals surface area (Å²) < 4.78 is 5.87. The van der Waals surface area contributed by atoms with E-state index in [1.165, 1.54) is 0 Å². The molecule has 1 atom stereocenters. The molecule has 1 unspecified atom stereocenters. The number of aliphatic hydroxyl groups excluding tert-OH is 1. The second-order valence-corrected chi connectivity index (χ2v) is 7.92. The fourth-order valence-electron chi connectivity index (χ4n) is 5.56. The van der Waals surface area contributed by atoms with Crippen LogP contribution in [-0.4, -0.2) is 18.5 Å². The van der Waals surface area contributed by atoms with Gasteiger partial charge in [-0.05, 0) is 24.3 Å². The Morgan fingerprint density at radius 1 is 0.690 bits per heavy atom. The normalized spacial score (nSPS) is 16.2. The van der Waals surface area contributed by atoms with Gasteiger partial charge in [0.15, 0.2) is 6.23 Å². The van der Waals surface area contributed by atoms with Gasteiger partial charge in [-0.15, -0.1) is 0 Å². The molecule has 0 aliphatic carbocycles. The van der Waals surface area contributed by atoms with Crippen molar-refractivity contribution in [2.45, 2.75) is 6.23 Å². The summed E-state index contributed by atoms with van der Waals surface area (Å²) >= 11 is 0. The van der Waals surface area contributed by atoms with Gasteiger partial charge >= 0.3 is 0 Å². The molecule has 8 rings (SSSR count). The number of aromatic nitrogens is 3. The van der Waals surface area contributed by atoms with Gasteiger partial charge in [-0.2, -0.15) is 0 Å². The van der Waals surface area contributed by atoms with Gasteiger partial charge in [-0.1, -0.05) is 42.5 Å². The van der Waals surface area contributed by atoms with E-state index in [1.807, 2.05) is 65.2 Å². The average molecular weight is 375 g/mol. The first kappa shape index (κ1) is 14.2. The standard InChI is InChI=1S/C24H13N3O2/c28-23-15-10-9-14-12-5-1-3-7-17(12)26-20(14)21(15)25-19(24(26)29)11-16-13-6-2-4-8-18(13)27(23)22(16)25/h1-11,24,29H. The highest BCUT2D eigenvalue weighted by atomic mass is 16.3. The largest absolute Gasteiger partial charge is 0.368 e. The zero-order chi connectivity index (χ0) is 19.0. The molecule has 3 aromatic carbocycles. The molecule has 5 heteroatoms. The molecule has 29 heavy (non-hydrogen) atoms. The minimum atomic E-state index is -0.812. The van der Waals surface area contributed by atoms with Crippen molar-refractivity contribution in [1.29, 1.82) is 0 Å². The monoisotopic (exact) mass is 375 g/mol. The number of rotatable bonds is 0. The number of aliphatic hydroxyl groups is 1. The van der Waals surface area contributed by atoms with Crippen LogP contribution in [0.25, 0.3) is 54.6 Å². The fourth-order valence-corrected chi connectivity index (χ4v) is 5.56. The first-order chi connectivity index (χ1) is 14.3. The Balaban J connectivity index is 1.83. The summed E-state index contributed by atoms with van der Waals surface area (Å²) in [5, 5.41) is 16.3. The molecular weight excluding hydrogens is 362 g/mol. The van der Waals surface area contributed by atoms with Gasteiger partial charge in [0.2, 0.25) is 0 Å². The molecule has 5 heterocycles. The topological polar surface area (TPSA) is 51.0 Å². The van der Waals surface area contributed by atoms with Crippen molar-refractivity contribution in [3.05, 3.63) is 82.8 Å². The summed E-state index contributed by atoms with van der Waals surface area (Å²) in [5.41, 5.74) is 5.32. The average Bonchev–Trinajstić information content (AvgIpc) is 3.40. The van der Waals surface area contributed by atoms with Gasteiger partial charge in [0.1, 0.15) is 5.65 Å². The molecule has 4 aromatic heterocycles. The van der Waals surface area contributed by atoms with Crippen LogP contribution in [0, 0.1) is 0 Å². The number of nitrogens with zero attached hydrogens (tertiary/aromatic N) is 3. The first-order valence-electron chi connectivity index (χ1n) is 9.69. The third kappa shape index (κ3) is 1.31. The minimum absolute atomic E-state index is 0.0153. The van der Waals surface area contributed by atoms with Crippen LogP contribution in [0.15, 0.2) is 71.5 Å². The molecule has 0 radical (unpaired) electrons. The maximum absolute atomic E-state index is 13.6. The molecule has 136 valence electrons. The van der Waals surface area contributed by atoms with Crippen molar-refractivity contribution in [2.75, 3.05) is 0 Å². The van der Waals surface area contributed by atoms with Gasteiger partial charge in [0.05, 0.1) is 33.1 Å². The second-order valence-electron chi connectivity index (χ2n) is 7.92. The molecule has 0 saturated heterocycles. The van der Waals surface area contributed by atoms with Gasteiger partial charge < -0.3 is 9.67 Å². The van der Waals surface area contributed by atoms with Gasteiger partial charge in [-0.3, -0.25) is 13.6 Å². The molecule has 0 bridgehead atoms. The maximum atomic E-state index is 13.6. The van der Waals surface area contributed by atoms with Crippen LogP contribution in [0.1, 0.15) is 11.9 Å². The predicted molar refractivity (Wildman–Crippen MR) is 114 cm³/mol. The van der Waals surface area contributed by atoms with Crippen LogP contribution in [0.2, 0.25) is 0 Å². The molecule has 5 nitrogen and oxygen atoms in total. The lowest BCUT2D eigenvalue weighted by Crippen LogP contribution is -2.22. The predicted octanol–water partition coefficient (Wildman–Crippen LogP) is 4.26. The molecule has 0 fully saturated rings. The maximum Gasteiger partial charge on any atom is 0.266 e. The van der Waals surface area contributed by atoms with Crippen LogP contribution < -0.4 is 5.56 Å². The van der Waals surface area contributed by atoms with E-state index in [0.717, 1.165) is 55.0 Å². The van der Waals surface area contributed by atoms with Gasteiger partial charge in [0, 0.05) is 21.5 Å². The summed E-state index contributed by atoms with van der Waals surface area (Å²) in [7, 11) is 0. The van der Waals surface area contributed by atoms with E-state index in [2.05, 4.69) is 10.5 Å². The summed E-state index contributed by atoms with van der Waals surface area (Å²) in [5.74, 6) is 0.